The zero-order valence-corrected chi connectivity index (χ0v) is 8.51. The number of aromatic nitrogens is 2. The highest BCUT2D eigenvalue weighted by molar-refractivity contribution is 5.88. The van der Waals surface area contributed by atoms with Crippen LogP contribution in [0, 0.1) is 5.82 Å². The predicted octanol–water partition coefficient (Wildman–Crippen LogP) is 1.92. The number of carboxylic acids is 1. The summed E-state index contributed by atoms with van der Waals surface area (Å²) < 4.78 is 15.0. The van der Waals surface area contributed by atoms with Gasteiger partial charge in [0.1, 0.15) is 5.82 Å². The number of aromatic carboxylic acids is 1. The van der Waals surface area contributed by atoms with E-state index in [0.29, 0.717) is 11.3 Å². The summed E-state index contributed by atoms with van der Waals surface area (Å²) in [7, 11) is 1.76. The van der Waals surface area contributed by atoms with Gasteiger partial charge >= 0.3 is 5.97 Å². The minimum absolute atomic E-state index is 0.334. The predicted molar refractivity (Wildman–Crippen MR) is 55.6 cm³/mol. The topological polar surface area (TPSA) is 55.1 Å². The Balaban J connectivity index is 2.45. The molecule has 1 aromatic heterocycles. The lowest BCUT2D eigenvalue weighted by molar-refractivity contribution is 0.0692. The Bertz CT molecular complexity index is 549. The van der Waals surface area contributed by atoms with Gasteiger partial charge in [0.05, 0.1) is 11.3 Å². The van der Waals surface area contributed by atoms with Gasteiger partial charge in [-0.15, -0.1) is 0 Å². The summed E-state index contributed by atoms with van der Waals surface area (Å²) in [5.41, 5.74) is 0.834. The quantitative estimate of drug-likeness (QED) is 0.841. The Morgan fingerprint density at radius 3 is 2.69 bits per heavy atom. The van der Waals surface area contributed by atoms with Gasteiger partial charge in [-0.1, -0.05) is 6.07 Å². The van der Waals surface area contributed by atoms with Crippen molar-refractivity contribution in [3.05, 3.63) is 41.8 Å². The van der Waals surface area contributed by atoms with Crippen molar-refractivity contribution < 1.29 is 14.3 Å². The molecular formula is C11H9FN2O2. The number of rotatable bonds is 2. The van der Waals surface area contributed by atoms with Gasteiger partial charge in [0.25, 0.3) is 0 Å². The van der Waals surface area contributed by atoms with Crippen LogP contribution in [0.5, 0.6) is 0 Å². The lowest BCUT2D eigenvalue weighted by Crippen LogP contribution is -2.00. The van der Waals surface area contributed by atoms with E-state index in [1.54, 1.807) is 24.0 Å². The third-order valence-electron chi connectivity index (χ3n) is 2.21. The molecule has 1 heterocycles. The molecule has 0 amide bonds. The molecule has 4 nitrogen and oxygen atoms in total. The highest BCUT2D eigenvalue weighted by Gasteiger charge is 2.11. The number of benzene rings is 1. The summed E-state index contributed by atoms with van der Waals surface area (Å²) in [5.74, 6) is -2.03. The van der Waals surface area contributed by atoms with Crippen molar-refractivity contribution in [2.75, 3.05) is 0 Å². The molecule has 1 aromatic carbocycles. The van der Waals surface area contributed by atoms with Gasteiger partial charge in [0.2, 0.25) is 0 Å². The number of halogens is 1. The largest absolute Gasteiger partial charge is 0.478 e. The average Bonchev–Trinajstić information content (AvgIpc) is 2.64. The molecule has 0 saturated carbocycles. The molecule has 0 radical (unpaired) electrons. The van der Waals surface area contributed by atoms with Gasteiger partial charge in [-0.2, -0.15) is 5.10 Å². The smallest absolute Gasteiger partial charge is 0.338 e. The molecule has 0 saturated heterocycles. The molecule has 2 rings (SSSR count). The zero-order valence-electron chi connectivity index (χ0n) is 8.51. The van der Waals surface area contributed by atoms with Gasteiger partial charge in [-0.3, -0.25) is 4.68 Å². The number of nitrogens with zero attached hydrogens (tertiary/aromatic N) is 2. The molecule has 82 valence electrons. The lowest BCUT2D eigenvalue weighted by atomic mass is 10.1. The molecule has 0 aliphatic carbocycles. The van der Waals surface area contributed by atoms with E-state index < -0.39 is 11.8 Å². The van der Waals surface area contributed by atoms with Gasteiger partial charge in [0, 0.05) is 18.8 Å². The highest BCUT2D eigenvalue weighted by Crippen LogP contribution is 2.20. The molecule has 0 aliphatic heterocycles. The first-order valence-electron chi connectivity index (χ1n) is 4.61. The van der Waals surface area contributed by atoms with Gasteiger partial charge < -0.3 is 5.11 Å². The maximum atomic E-state index is 13.4. The number of aryl methyl sites for hydroxylation is 1. The fourth-order valence-corrected chi connectivity index (χ4v) is 1.42. The van der Waals surface area contributed by atoms with Gasteiger partial charge in [0.15, 0.2) is 0 Å². The Morgan fingerprint density at radius 2 is 2.19 bits per heavy atom. The van der Waals surface area contributed by atoms with E-state index in [-0.39, 0.29) is 5.56 Å². The normalized spacial score (nSPS) is 10.4. The monoisotopic (exact) mass is 220 g/mol. The highest BCUT2D eigenvalue weighted by atomic mass is 19.1. The van der Waals surface area contributed by atoms with E-state index in [2.05, 4.69) is 5.10 Å². The molecule has 5 heteroatoms. The lowest BCUT2D eigenvalue weighted by Gasteiger charge is -2.00. The Kier molecular flexibility index (Phi) is 2.44. The molecule has 0 atom stereocenters. The van der Waals surface area contributed by atoms with E-state index >= 15 is 0 Å². The van der Waals surface area contributed by atoms with Crippen molar-refractivity contribution in [1.29, 1.82) is 0 Å². The summed E-state index contributed by atoms with van der Waals surface area (Å²) in [6.07, 6.45) is 1.73. The van der Waals surface area contributed by atoms with Crippen molar-refractivity contribution in [3.63, 3.8) is 0 Å². The van der Waals surface area contributed by atoms with E-state index in [9.17, 15) is 9.18 Å². The van der Waals surface area contributed by atoms with Crippen LogP contribution >= 0.6 is 0 Å². The van der Waals surface area contributed by atoms with Crippen LogP contribution in [0.15, 0.2) is 30.5 Å². The Morgan fingerprint density at radius 1 is 1.44 bits per heavy atom. The van der Waals surface area contributed by atoms with Crippen LogP contribution in [0.1, 0.15) is 10.4 Å². The van der Waals surface area contributed by atoms with Crippen molar-refractivity contribution in [2.45, 2.75) is 0 Å². The Hall–Kier alpha value is -2.17. The summed E-state index contributed by atoms with van der Waals surface area (Å²) in [6, 6.07) is 5.68. The second-order valence-corrected chi connectivity index (χ2v) is 3.37. The van der Waals surface area contributed by atoms with Crippen molar-refractivity contribution in [1.82, 2.24) is 9.78 Å². The summed E-state index contributed by atoms with van der Waals surface area (Å²) in [6.45, 7) is 0. The van der Waals surface area contributed by atoms with Crippen LogP contribution in [0.3, 0.4) is 0 Å². The third kappa shape index (κ3) is 1.79. The zero-order chi connectivity index (χ0) is 11.7. The molecule has 0 fully saturated rings. The Labute approximate surface area is 90.9 Å². The molecule has 0 aliphatic rings. The maximum Gasteiger partial charge on any atom is 0.338 e. The standard InChI is InChI=1S/C11H9FN2O2/c1-14-5-4-10(13-14)7-2-3-8(11(15)16)9(12)6-7/h2-6H,1H3,(H,15,16). The second-order valence-electron chi connectivity index (χ2n) is 3.37. The minimum Gasteiger partial charge on any atom is -0.478 e. The van der Waals surface area contributed by atoms with Gasteiger partial charge in [-0.05, 0) is 18.2 Å². The minimum atomic E-state index is -1.27. The second kappa shape index (κ2) is 3.77. The van der Waals surface area contributed by atoms with E-state index in [0.717, 1.165) is 0 Å². The molecular weight excluding hydrogens is 211 g/mol. The first-order valence-corrected chi connectivity index (χ1v) is 4.61. The number of carbonyl (C=O) groups is 1. The van der Waals surface area contributed by atoms with E-state index in [1.165, 1.54) is 18.2 Å². The SMILES string of the molecule is Cn1ccc(-c2ccc(C(=O)O)c(F)c2)n1. The fraction of sp³-hybridized carbons (Fsp3) is 0.0909. The summed E-state index contributed by atoms with van der Waals surface area (Å²) >= 11 is 0. The first kappa shape index (κ1) is 10.4. The van der Waals surface area contributed by atoms with E-state index in [1.807, 2.05) is 0 Å². The molecule has 2 aromatic rings. The van der Waals surface area contributed by atoms with Crippen LogP contribution in [0.4, 0.5) is 4.39 Å². The third-order valence-corrected chi connectivity index (χ3v) is 2.21. The molecule has 16 heavy (non-hydrogen) atoms. The van der Waals surface area contributed by atoms with Crippen molar-refractivity contribution in [2.24, 2.45) is 7.05 Å². The van der Waals surface area contributed by atoms with Crippen LogP contribution in [0.2, 0.25) is 0 Å². The van der Waals surface area contributed by atoms with Crippen molar-refractivity contribution >= 4 is 5.97 Å². The first-order chi connectivity index (χ1) is 7.58. The number of hydrogen-bond acceptors (Lipinski definition) is 2. The molecule has 0 unspecified atom stereocenters. The molecule has 0 bridgehead atoms. The van der Waals surface area contributed by atoms with Crippen molar-refractivity contribution in [3.8, 4) is 11.3 Å². The van der Waals surface area contributed by atoms with Crippen LogP contribution < -0.4 is 0 Å². The number of carboxylic acid groups (broad SMARTS) is 1. The van der Waals surface area contributed by atoms with Gasteiger partial charge in [-0.25, -0.2) is 9.18 Å². The molecule has 0 spiro atoms. The average molecular weight is 220 g/mol. The van der Waals surface area contributed by atoms with Crippen LogP contribution in [-0.2, 0) is 7.05 Å². The maximum absolute atomic E-state index is 13.4. The molecule has 1 N–H and O–H groups in total. The summed E-state index contributed by atoms with van der Waals surface area (Å²) in [4.78, 5) is 10.6. The van der Waals surface area contributed by atoms with E-state index in [4.69, 9.17) is 5.11 Å². The van der Waals surface area contributed by atoms with Crippen LogP contribution in [-0.4, -0.2) is 20.9 Å². The number of hydrogen-bond donors (Lipinski definition) is 1. The summed E-state index contributed by atoms with van der Waals surface area (Å²) in [5, 5.41) is 12.8. The fourth-order valence-electron chi connectivity index (χ4n) is 1.42. The van der Waals surface area contributed by atoms with Crippen LogP contribution in [0.25, 0.3) is 11.3 Å².